The Morgan fingerprint density at radius 2 is 1.60 bits per heavy atom. The van der Waals surface area contributed by atoms with Crippen molar-refractivity contribution < 1.29 is 18.0 Å². The third kappa shape index (κ3) is 1.77. The standard InChI is InChI=1S/C13H14N2O4S/c1-14-12(16)10-5-4-9(8-11(10)13(14)17)20(18,19)15-6-2-3-7-15/h4-5,8H,2-3,6-7H2,1H3. The van der Waals surface area contributed by atoms with E-state index >= 15 is 0 Å². The number of carbonyl (C=O) groups is 2. The number of amides is 2. The highest BCUT2D eigenvalue weighted by atomic mass is 32.2. The van der Waals surface area contributed by atoms with Crippen LogP contribution in [0.25, 0.3) is 0 Å². The molecule has 0 spiro atoms. The zero-order valence-corrected chi connectivity index (χ0v) is 11.8. The van der Waals surface area contributed by atoms with Gasteiger partial charge in [0.15, 0.2) is 0 Å². The molecule has 0 bridgehead atoms. The largest absolute Gasteiger partial charge is 0.277 e. The van der Waals surface area contributed by atoms with Gasteiger partial charge in [0.05, 0.1) is 16.0 Å². The first-order valence-corrected chi connectivity index (χ1v) is 7.83. The lowest BCUT2D eigenvalue weighted by molar-refractivity contribution is 0.0693. The van der Waals surface area contributed by atoms with Crippen LogP contribution in [-0.4, -0.2) is 49.6 Å². The Morgan fingerprint density at radius 1 is 1.00 bits per heavy atom. The zero-order chi connectivity index (χ0) is 14.5. The summed E-state index contributed by atoms with van der Waals surface area (Å²) in [6, 6.07) is 4.13. The molecule has 2 aliphatic rings. The average molecular weight is 294 g/mol. The quantitative estimate of drug-likeness (QED) is 0.752. The van der Waals surface area contributed by atoms with E-state index in [2.05, 4.69) is 0 Å². The van der Waals surface area contributed by atoms with Gasteiger partial charge < -0.3 is 0 Å². The van der Waals surface area contributed by atoms with Crippen LogP contribution in [0.15, 0.2) is 23.1 Å². The molecule has 6 nitrogen and oxygen atoms in total. The van der Waals surface area contributed by atoms with Crippen molar-refractivity contribution in [1.82, 2.24) is 9.21 Å². The fourth-order valence-electron chi connectivity index (χ4n) is 2.58. The van der Waals surface area contributed by atoms with Crippen LogP contribution in [-0.2, 0) is 10.0 Å². The van der Waals surface area contributed by atoms with Crippen molar-refractivity contribution in [2.75, 3.05) is 20.1 Å². The molecule has 0 radical (unpaired) electrons. The summed E-state index contributed by atoms with van der Waals surface area (Å²) in [5.74, 6) is -0.849. The number of nitrogens with zero attached hydrogens (tertiary/aromatic N) is 2. The minimum atomic E-state index is -3.57. The van der Waals surface area contributed by atoms with E-state index in [4.69, 9.17) is 0 Å². The highest BCUT2D eigenvalue weighted by molar-refractivity contribution is 7.89. The first kappa shape index (κ1) is 13.3. The van der Waals surface area contributed by atoms with Crippen LogP contribution in [0.2, 0.25) is 0 Å². The van der Waals surface area contributed by atoms with Gasteiger partial charge in [-0.2, -0.15) is 4.31 Å². The lowest BCUT2D eigenvalue weighted by Gasteiger charge is -2.15. The number of rotatable bonds is 2. The monoisotopic (exact) mass is 294 g/mol. The highest BCUT2D eigenvalue weighted by Crippen LogP contribution is 2.27. The number of sulfonamides is 1. The fraction of sp³-hybridized carbons (Fsp3) is 0.385. The van der Waals surface area contributed by atoms with Crippen LogP contribution >= 0.6 is 0 Å². The van der Waals surface area contributed by atoms with Crippen molar-refractivity contribution in [2.24, 2.45) is 0 Å². The molecule has 2 aliphatic heterocycles. The molecule has 1 fully saturated rings. The minimum absolute atomic E-state index is 0.0783. The molecule has 0 aromatic heterocycles. The Balaban J connectivity index is 2.06. The maximum absolute atomic E-state index is 12.4. The van der Waals surface area contributed by atoms with E-state index in [9.17, 15) is 18.0 Å². The molecular weight excluding hydrogens is 280 g/mol. The second-order valence-electron chi connectivity index (χ2n) is 4.99. The molecule has 20 heavy (non-hydrogen) atoms. The number of carbonyl (C=O) groups excluding carboxylic acids is 2. The number of benzene rings is 1. The third-order valence-corrected chi connectivity index (χ3v) is 5.66. The van der Waals surface area contributed by atoms with Crippen molar-refractivity contribution >= 4 is 21.8 Å². The highest BCUT2D eigenvalue weighted by Gasteiger charge is 2.35. The lowest BCUT2D eigenvalue weighted by Crippen LogP contribution is -2.28. The molecule has 0 saturated carbocycles. The molecule has 1 aromatic rings. The third-order valence-electron chi connectivity index (χ3n) is 3.76. The molecule has 1 aromatic carbocycles. The fourth-order valence-corrected chi connectivity index (χ4v) is 4.12. The zero-order valence-electron chi connectivity index (χ0n) is 11.0. The van der Waals surface area contributed by atoms with Gasteiger partial charge in [-0.05, 0) is 31.0 Å². The molecule has 1 saturated heterocycles. The second kappa shape index (κ2) is 4.39. The molecule has 2 amide bonds. The number of imide groups is 1. The van der Waals surface area contributed by atoms with Gasteiger partial charge in [-0.3, -0.25) is 14.5 Å². The normalized spacial score (nSPS) is 19.8. The Bertz CT molecular complexity index is 705. The van der Waals surface area contributed by atoms with Gasteiger partial charge >= 0.3 is 0 Å². The van der Waals surface area contributed by atoms with Crippen molar-refractivity contribution in [1.29, 1.82) is 0 Å². The van der Waals surface area contributed by atoms with E-state index in [0.29, 0.717) is 13.1 Å². The van der Waals surface area contributed by atoms with Crippen LogP contribution in [0.5, 0.6) is 0 Å². The van der Waals surface area contributed by atoms with Crippen LogP contribution in [0, 0.1) is 0 Å². The predicted octanol–water partition coefficient (Wildman–Crippen LogP) is 0.697. The van der Waals surface area contributed by atoms with E-state index in [1.807, 2.05) is 0 Å². The summed E-state index contributed by atoms with van der Waals surface area (Å²) in [6.07, 6.45) is 1.70. The van der Waals surface area contributed by atoms with Crippen molar-refractivity contribution in [3.05, 3.63) is 29.3 Å². The molecule has 106 valence electrons. The molecule has 3 rings (SSSR count). The van der Waals surface area contributed by atoms with Crippen LogP contribution in [0.4, 0.5) is 0 Å². The second-order valence-corrected chi connectivity index (χ2v) is 6.93. The Labute approximate surface area is 117 Å². The molecule has 7 heteroatoms. The predicted molar refractivity (Wildman–Crippen MR) is 70.9 cm³/mol. The van der Waals surface area contributed by atoms with Crippen LogP contribution in [0.1, 0.15) is 33.6 Å². The van der Waals surface area contributed by atoms with Gasteiger partial charge in [0.1, 0.15) is 0 Å². The summed E-state index contributed by atoms with van der Waals surface area (Å²) >= 11 is 0. The number of hydrogen-bond donors (Lipinski definition) is 0. The summed E-state index contributed by atoms with van der Waals surface area (Å²) in [4.78, 5) is 24.7. The first-order chi connectivity index (χ1) is 9.43. The van der Waals surface area contributed by atoms with E-state index in [-0.39, 0.29) is 16.0 Å². The molecule has 0 N–H and O–H groups in total. The van der Waals surface area contributed by atoms with Crippen molar-refractivity contribution in [2.45, 2.75) is 17.7 Å². The van der Waals surface area contributed by atoms with Gasteiger partial charge in [0.25, 0.3) is 11.8 Å². The van der Waals surface area contributed by atoms with Crippen LogP contribution in [0.3, 0.4) is 0 Å². The van der Waals surface area contributed by atoms with Gasteiger partial charge in [-0.1, -0.05) is 0 Å². The van der Waals surface area contributed by atoms with Crippen molar-refractivity contribution in [3.63, 3.8) is 0 Å². The Morgan fingerprint density at radius 3 is 2.25 bits per heavy atom. The summed E-state index contributed by atoms with van der Waals surface area (Å²) in [7, 11) is -2.18. The van der Waals surface area contributed by atoms with Gasteiger partial charge in [-0.15, -0.1) is 0 Å². The van der Waals surface area contributed by atoms with Gasteiger partial charge in [0.2, 0.25) is 10.0 Å². The smallest absolute Gasteiger partial charge is 0.261 e. The minimum Gasteiger partial charge on any atom is -0.277 e. The summed E-state index contributed by atoms with van der Waals surface area (Å²) in [5.41, 5.74) is 0.427. The Kier molecular flexibility index (Phi) is 2.91. The number of hydrogen-bond acceptors (Lipinski definition) is 4. The summed E-state index contributed by atoms with van der Waals surface area (Å²) in [6.45, 7) is 1.01. The summed E-state index contributed by atoms with van der Waals surface area (Å²) < 4.78 is 26.3. The summed E-state index contributed by atoms with van der Waals surface area (Å²) in [5, 5.41) is 0. The van der Waals surface area contributed by atoms with E-state index < -0.39 is 21.8 Å². The first-order valence-electron chi connectivity index (χ1n) is 6.39. The molecule has 2 heterocycles. The molecule has 0 atom stereocenters. The average Bonchev–Trinajstić information content (AvgIpc) is 3.04. The SMILES string of the molecule is CN1C(=O)c2ccc(S(=O)(=O)N3CCCC3)cc2C1=O. The van der Waals surface area contributed by atoms with E-state index in [1.54, 1.807) is 0 Å². The van der Waals surface area contributed by atoms with Gasteiger partial charge in [0, 0.05) is 20.1 Å². The molecular formula is C13H14N2O4S. The van der Waals surface area contributed by atoms with Gasteiger partial charge in [-0.25, -0.2) is 8.42 Å². The maximum Gasteiger partial charge on any atom is 0.261 e. The molecule has 0 aliphatic carbocycles. The lowest BCUT2D eigenvalue weighted by atomic mass is 10.1. The van der Waals surface area contributed by atoms with E-state index in [1.165, 1.54) is 29.6 Å². The van der Waals surface area contributed by atoms with E-state index in [0.717, 1.165) is 17.7 Å². The van der Waals surface area contributed by atoms with Crippen molar-refractivity contribution in [3.8, 4) is 0 Å². The number of fused-ring (bicyclic) bond motifs is 1. The topological polar surface area (TPSA) is 74.8 Å². The molecule has 0 unspecified atom stereocenters. The Hall–Kier alpha value is -1.73. The maximum atomic E-state index is 12.4. The van der Waals surface area contributed by atoms with Crippen LogP contribution < -0.4 is 0 Å².